The van der Waals surface area contributed by atoms with Crippen LogP contribution in [0.5, 0.6) is 11.5 Å². The van der Waals surface area contributed by atoms with E-state index >= 15 is 0 Å². The van der Waals surface area contributed by atoms with Gasteiger partial charge in [-0.15, -0.1) is 28.3 Å². The van der Waals surface area contributed by atoms with Crippen molar-refractivity contribution < 1.29 is 9.47 Å². The molecule has 0 radical (unpaired) electrons. The van der Waals surface area contributed by atoms with Gasteiger partial charge >= 0.3 is 0 Å². The van der Waals surface area contributed by atoms with Gasteiger partial charge in [-0.1, -0.05) is 0 Å². The van der Waals surface area contributed by atoms with Gasteiger partial charge in [-0.3, -0.25) is 4.99 Å². The summed E-state index contributed by atoms with van der Waals surface area (Å²) < 4.78 is 10.7. The standard InChI is InChI=1S/C14H13N3O2S.BrH/c1-2-13(15-5-1)17-14-16-10(7-20-14)9-3-4-11-12(6-9)19-8-18-11;/h3-4,6-7H,1-2,5,8H2,(H,15,16,17);1H. The Kier molecular flexibility index (Phi) is 4.12. The highest BCUT2D eigenvalue weighted by Crippen LogP contribution is 2.36. The fourth-order valence-electron chi connectivity index (χ4n) is 2.28. The Labute approximate surface area is 136 Å². The zero-order valence-electron chi connectivity index (χ0n) is 11.2. The molecule has 5 nitrogen and oxygen atoms in total. The Hall–Kier alpha value is -1.60. The Morgan fingerprint density at radius 1 is 1.19 bits per heavy atom. The van der Waals surface area contributed by atoms with Gasteiger partial charge in [0.1, 0.15) is 5.84 Å². The first-order valence-corrected chi connectivity index (χ1v) is 7.42. The molecule has 0 atom stereocenters. The van der Waals surface area contributed by atoms with Crippen molar-refractivity contribution in [2.24, 2.45) is 4.99 Å². The van der Waals surface area contributed by atoms with E-state index in [1.54, 1.807) is 11.3 Å². The van der Waals surface area contributed by atoms with E-state index < -0.39 is 0 Å². The number of aromatic nitrogens is 1. The number of aliphatic imine (C=N–C) groups is 1. The third kappa shape index (κ3) is 2.89. The number of amidine groups is 1. The van der Waals surface area contributed by atoms with Gasteiger partial charge in [0.05, 0.1) is 5.69 Å². The van der Waals surface area contributed by atoms with Gasteiger partial charge in [0.25, 0.3) is 0 Å². The summed E-state index contributed by atoms with van der Waals surface area (Å²) in [7, 11) is 0. The molecule has 2 aliphatic rings. The Balaban J connectivity index is 0.00000132. The minimum absolute atomic E-state index is 0. The van der Waals surface area contributed by atoms with Crippen molar-refractivity contribution in [1.29, 1.82) is 0 Å². The number of fused-ring (bicyclic) bond motifs is 1. The zero-order valence-corrected chi connectivity index (χ0v) is 13.7. The van der Waals surface area contributed by atoms with Crippen LogP contribution in [0.2, 0.25) is 0 Å². The van der Waals surface area contributed by atoms with E-state index in [0.717, 1.165) is 53.1 Å². The van der Waals surface area contributed by atoms with E-state index in [-0.39, 0.29) is 17.0 Å². The van der Waals surface area contributed by atoms with Gasteiger partial charge in [-0.05, 0) is 24.6 Å². The fraction of sp³-hybridized carbons (Fsp3) is 0.286. The average Bonchev–Trinajstić information content (AvgIpc) is 3.19. The zero-order chi connectivity index (χ0) is 13.4. The smallest absolute Gasteiger partial charge is 0.231 e. The number of hydrogen-bond donors (Lipinski definition) is 1. The van der Waals surface area contributed by atoms with E-state index in [2.05, 4.69) is 15.3 Å². The number of nitrogens with zero attached hydrogens (tertiary/aromatic N) is 2. The molecule has 0 unspecified atom stereocenters. The number of nitrogens with one attached hydrogen (secondary N) is 1. The molecule has 0 fully saturated rings. The molecule has 21 heavy (non-hydrogen) atoms. The molecule has 0 bridgehead atoms. The van der Waals surface area contributed by atoms with Crippen molar-refractivity contribution in [1.82, 2.24) is 4.98 Å². The van der Waals surface area contributed by atoms with Gasteiger partial charge in [0.2, 0.25) is 6.79 Å². The van der Waals surface area contributed by atoms with Crippen LogP contribution in [0.25, 0.3) is 11.3 Å². The number of ether oxygens (including phenoxy) is 2. The summed E-state index contributed by atoms with van der Waals surface area (Å²) in [4.78, 5) is 9.00. The summed E-state index contributed by atoms with van der Waals surface area (Å²) >= 11 is 1.59. The van der Waals surface area contributed by atoms with Crippen molar-refractivity contribution in [2.75, 3.05) is 18.7 Å². The van der Waals surface area contributed by atoms with Crippen LogP contribution in [0.3, 0.4) is 0 Å². The predicted octanol–water partition coefficient (Wildman–Crippen LogP) is 3.72. The maximum absolute atomic E-state index is 5.39. The molecular weight excluding hydrogens is 354 g/mol. The third-order valence-electron chi connectivity index (χ3n) is 3.30. The lowest BCUT2D eigenvalue weighted by atomic mass is 10.1. The molecule has 2 aliphatic heterocycles. The Bertz CT molecular complexity index is 687. The average molecular weight is 368 g/mol. The summed E-state index contributed by atoms with van der Waals surface area (Å²) in [6.45, 7) is 1.21. The molecule has 0 amide bonds. The second kappa shape index (κ2) is 6.03. The van der Waals surface area contributed by atoms with Gasteiger partial charge < -0.3 is 14.8 Å². The first kappa shape index (κ1) is 14.3. The van der Waals surface area contributed by atoms with Crippen molar-refractivity contribution in [3.8, 4) is 22.8 Å². The molecule has 3 heterocycles. The number of anilines is 1. The third-order valence-corrected chi connectivity index (χ3v) is 4.06. The summed E-state index contributed by atoms with van der Waals surface area (Å²) in [6.07, 6.45) is 2.14. The van der Waals surface area contributed by atoms with E-state index in [1.807, 2.05) is 23.6 Å². The quantitative estimate of drug-likeness (QED) is 0.878. The van der Waals surface area contributed by atoms with Crippen LogP contribution in [0, 0.1) is 0 Å². The van der Waals surface area contributed by atoms with Gasteiger partial charge in [-0.25, -0.2) is 4.98 Å². The summed E-state index contributed by atoms with van der Waals surface area (Å²) in [5, 5.41) is 6.21. The highest BCUT2D eigenvalue weighted by atomic mass is 79.9. The topological polar surface area (TPSA) is 55.7 Å². The number of rotatable bonds is 2. The Morgan fingerprint density at radius 2 is 2.10 bits per heavy atom. The van der Waals surface area contributed by atoms with Gasteiger partial charge in [0, 0.05) is 23.9 Å². The van der Waals surface area contributed by atoms with Crippen LogP contribution in [0.4, 0.5) is 5.13 Å². The second-order valence-electron chi connectivity index (χ2n) is 4.66. The number of hydrogen-bond acceptors (Lipinski definition) is 6. The molecule has 1 aromatic carbocycles. The molecule has 0 aliphatic carbocycles. The summed E-state index contributed by atoms with van der Waals surface area (Å²) in [6, 6.07) is 5.89. The van der Waals surface area contributed by atoms with E-state index in [4.69, 9.17) is 9.47 Å². The number of thiazole rings is 1. The largest absolute Gasteiger partial charge is 0.454 e. The lowest BCUT2D eigenvalue weighted by Crippen LogP contribution is -2.07. The molecule has 110 valence electrons. The molecule has 2 aromatic rings. The van der Waals surface area contributed by atoms with Gasteiger partial charge in [0.15, 0.2) is 16.6 Å². The van der Waals surface area contributed by atoms with Crippen molar-refractivity contribution >= 4 is 39.3 Å². The lowest BCUT2D eigenvalue weighted by molar-refractivity contribution is 0.174. The summed E-state index contributed by atoms with van der Waals surface area (Å²) in [5.74, 6) is 2.62. The van der Waals surface area contributed by atoms with Crippen LogP contribution in [0.1, 0.15) is 12.8 Å². The van der Waals surface area contributed by atoms with Crippen molar-refractivity contribution in [2.45, 2.75) is 12.8 Å². The molecule has 0 saturated heterocycles. The lowest BCUT2D eigenvalue weighted by Gasteiger charge is -2.01. The normalized spacial score (nSPS) is 15.5. The molecule has 7 heteroatoms. The fourth-order valence-corrected chi connectivity index (χ4v) is 3.02. The second-order valence-corrected chi connectivity index (χ2v) is 5.52. The van der Waals surface area contributed by atoms with Crippen molar-refractivity contribution in [3.63, 3.8) is 0 Å². The molecular formula is C14H14BrN3O2S. The molecule has 0 saturated carbocycles. The van der Waals surface area contributed by atoms with Crippen LogP contribution in [-0.2, 0) is 0 Å². The Morgan fingerprint density at radius 3 is 2.95 bits per heavy atom. The maximum atomic E-state index is 5.39. The number of benzene rings is 1. The van der Waals surface area contributed by atoms with Gasteiger partial charge in [-0.2, -0.15) is 0 Å². The molecule has 4 rings (SSSR count). The predicted molar refractivity (Wildman–Crippen MR) is 89.2 cm³/mol. The van der Waals surface area contributed by atoms with E-state index in [0.29, 0.717) is 6.79 Å². The van der Waals surface area contributed by atoms with Crippen molar-refractivity contribution in [3.05, 3.63) is 23.6 Å². The van der Waals surface area contributed by atoms with Crippen LogP contribution in [0.15, 0.2) is 28.6 Å². The van der Waals surface area contributed by atoms with E-state index in [9.17, 15) is 0 Å². The maximum Gasteiger partial charge on any atom is 0.231 e. The van der Waals surface area contributed by atoms with E-state index in [1.165, 1.54) is 0 Å². The highest BCUT2D eigenvalue weighted by Gasteiger charge is 2.15. The first-order chi connectivity index (χ1) is 9.88. The molecule has 1 aromatic heterocycles. The molecule has 0 spiro atoms. The van der Waals surface area contributed by atoms with Crippen LogP contribution in [-0.4, -0.2) is 24.2 Å². The summed E-state index contributed by atoms with van der Waals surface area (Å²) in [5.41, 5.74) is 1.97. The highest BCUT2D eigenvalue weighted by molar-refractivity contribution is 8.93. The van der Waals surface area contributed by atoms with Crippen LogP contribution < -0.4 is 14.8 Å². The minimum atomic E-state index is 0. The SMILES string of the molecule is Br.c1cc2c(cc1-c1csc(NC3=NCCC3)n1)OCO2. The number of halogens is 1. The first-order valence-electron chi connectivity index (χ1n) is 6.54. The molecule has 1 N–H and O–H groups in total. The minimum Gasteiger partial charge on any atom is -0.454 e. The van der Waals surface area contributed by atoms with Crippen LogP contribution >= 0.6 is 28.3 Å². The monoisotopic (exact) mass is 367 g/mol.